The summed E-state index contributed by atoms with van der Waals surface area (Å²) in [7, 11) is -0.298. The molecule has 0 unspecified atom stereocenters. The van der Waals surface area contributed by atoms with Crippen molar-refractivity contribution in [2.75, 3.05) is 0 Å². The highest BCUT2D eigenvalue weighted by Crippen LogP contribution is 2.54. The fraction of sp³-hybridized carbons (Fsp3) is 0.556. The first kappa shape index (κ1) is 16.7. The van der Waals surface area contributed by atoms with Gasteiger partial charge in [0, 0.05) is 6.20 Å². The summed E-state index contributed by atoms with van der Waals surface area (Å²) in [4.78, 5) is 0. The summed E-state index contributed by atoms with van der Waals surface area (Å²) < 4.78 is 27.3. The first-order chi connectivity index (χ1) is 11.7. The molecule has 2 aromatic rings. The predicted molar refractivity (Wildman–Crippen MR) is 92.5 cm³/mol. The highest BCUT2D eigenvalue weighted by atomic mass is 19.1. The van der Waals surface area contributed by atoms with Gasteiger partial charge in [-0.15, -0.1) is 5.10 Å². The number of halogens is 1. The molecule has 7 heteroatoms. The summed E-state index contributed by atoms with van der Waals surface area (Å²) in [6.07, 6.45) is 3.93. The van der Waals surface area contributed by atoms with Crippen molar-refractivity contribution in [2.24, 2.45) is 0 Å². The van der Waals surface area contributed by atoms with Gasteiger partial charge in [-0.1, -0.05) is 17.3 Å². The molecule has 1 aliphatic carbocycles. The van der Waals surface area contributed by atoms with E-state index in [-0.39, 0.29) is 29.5 Å². The topological polar surface area (TPSA) is 49.2 Å². The predicted octanol–water partition coefficient (Wildman–Crippen LogP) is 3.13. The van der Waals surface area contributed by atoms with Crippen molar-refractivity contribution < 1.29 is 13.7 Å². The molecule has 1 aromatic carbocycles. The van der Waals surface area contributed by atoms with Crippen LogP contribution in [0, 0.1) is 5.82 Å². The lowest BCUT2D eigenvalue weighted by molar-refractivity contribution is 0.00578. The first-order valence-corrected chi connectivity index (χ1v) is 8.73. The summed E-state index contributed by atoms with van der Waals surface area (Å²) in [6.45, 7) is 8.82. The summed E-state index contributed by atoms with van der Waals surface area (Å²) in [5.41, 5.74) is 1.20. The van der Waals surface area contributed by atoms with E-state index >= 15 is 0 Å². The third-order valence-corrected chi connectivity index (χ3v) is 5.80. The molecule has 1 aromatic heterocycles. The van der Waals surface area contributed by atoms with E-state index in [1.165, 1.54) is 12.1 Å². The molecule has 0 N–H and O–H groups in total. The van der Waals surface area contributed by atoms with Crippen molar-refractivity contribution >= 4 is 7.12 Å². The van der Waals surface area contributed by atoms with Crippen molar-refractivity contribution in [3.63, 3.8) is 0 Å². The largest absolute Gasteiger partial charge is 0.470 e. The van der Waals surface area contributed by atoms with E-state index in [4.69, 9.17) is 9.31 Å². The zero-order valence-corrected chi connectivity index (χ0v) is 15.1. The van der Waals surface area contributed by atoms with Gasteiger partial charge in [0.25, 0.3) is 0 Å². The van der Waals surface area contributed by atoms with Gasteiger partial charge in [0.05, 0.1) is 28.8 Å². The van der Waals surface area contributed by atoms with E-state index in [1.54, 1.807) is 16.8 Å². The zero-order valence-electron chi connectivity index (χ0n) is 15.1. The third kappa shape index (κ3) is 2.79. The number of benzene rings is 1. The van der Waals surface area contributed by atoms with Crippen LogP contribution in [0.5, 0.6) is 0 Å². The molecule has 4 rings (SSSR count). The van der Waals surface area contributed by atoms with E-state index < -0.39 is 0 Å². The minimum absolute atomic E-state index is 0.202. The lowest BCUT2D eigenvalue weighted by Gasteiger charge is -2.32. The molecule has 0 amide bonds. The maximum atomic E-state index is 13.0. The monoisotopic (exact) mass is 343 g/mol. The van der Waals surface area contributed by atoms with Crippen LogP contribution in [0.15, 0.2) is 30.5 Å². The Balaban J connectivity index is 1.53. The molecule has 2 fully saturated rings. The molecular formula is C18H23BFN3O2. The Morgan fingerprint density at radius 2 is 1.68 bits per heavy atom. The third-order valence-electron chi connectivity index (χ3n) is 5.80. The highest BCUT2D eigenvalue weighted by molar-refractivity contribution is 6.51. The van der Waals surface area contributed by atoms with Crippen LogP contribution < -0.4 is 0 Å². The van der Waals surface area contributed by atoms with Crippen molar-refractivity contribution in [1.29, 1.82) is 0 Å². The fourth-order valence-electron chi connectivity index (χ4n) is 3.20. The van der Waals surface area contributed by atoms with Crippen LogP contribution in [-0.2, 0) is 21.2 Å². The van der Waals surface area contributed by atoms with Crippen LogP contribution in [0.2, 0.25) is 0 Å². The lowest BCUT2D eigenvalue weighted by Crippen LogP contribution is -2.41. The molecule has 2 heterocycles. The van der Waals surface area contributed by atoms with Gasteiger partial charge in [0.15, 0.2) is 0 Å². The zero-order chi connectivity index (χ0) is 17.9. The average molecular weight is 343 g/mol. The number of hydrogen-bond donors (Lipinski definition) is 0. The maximum Gasteiger partial charge on any atom is 0.470 e. The van der Waals surface area contributed by atoms with Crippen molar-refractivity contribution in [3.8, 4) is 0 Å². The van der Waals surface area contributed by atoms with Crippen LogP contribution in [-0.4, -0.2) is 33.3 Å². The van der Waals surface area contributed by atoms with Crippen LogP contribution in [0.4, 0.5) is 4.39 Å². The Labute approximate surface area is 147 Å². The van der Waals surface area contributed by atoms with E-state index in [9.17, 15) is 4.39 Å². The lowest BCUT2D eigenvalue weighted by atomic mass is 9.66. The second kappa shape index (κ2) is 5.38. The molecule has 1 saturated heterocycles. The first-order valence-electron chi connectivity index (χ1n) is 8.73. The second-order valence-electron chi connectivity index (χ2n) is 8.17. The van der Waals surface area contributed by atoms with Gasteiger partial charge in [-0.05, 0) is 58.2 Å². The number of rotatable bonds is 4. The summed E-state index contributed by atoms with van der Waals surface area (Å²) in [5, 5.41) is 8.43. The molecule has 0 radical (unpaired) electrons. The van der Waals surface area contributed by atoms with E-state index in [1.807, 2.05) is 6.20 Å². The summed E-state index contributed by atoms with van der Waals surface area (Å²) in [6, 6.07) is 6.44. The molecule has 0 atom stereocenters. The quantitative estimate of drug-likeness (QED) is 0.801. The minimum Gasteiger partial charge on any atom is -0.403 e. The van der Waals surface area contributed by atoms with Gasteiger partial charge in [0.1, 0.15) is 5.82 Å². The summed E-state index contributed by atoms with van der Waals surface area (Å²) in [5.74, 6) is -0.235. The summed E-state index contributed by atoms with van der Waals surface area (Å²) >= 11 is 0. The fourth-order valence-corrected chi connectivity index (χ4v) is 3.20. The van der Waals surface area contributed by atoms with E-state index in [0.29, 0.717) is 6.54 Å². The Bertz CT molecular complexity index is 768. The smallest absolute Gasteiger partial charge is 0.403 e. The molecule has 2 aliphatic rings. The van der Waals surface area contributed by atoms with Crippen molar-refractivity contribution in [1.82, 2.24) is 15.0 Å². The van der Waals surface area contributed by atoms with Gasteiger partial charge >= 0.3 is 7.12 Å². The minimum atomic E-state index is -0.350. The molecule has 1 aliphatic heterocycles. The van der Waals surface area contributed by atoms with Crippen LogP contribution in [0.1, 0.15) is 51.8 Å². The maximum absolute atomic E-state index is 13.0. The van der Waals surface area contributed by atoms with Gasteiger partial charge in [-0.25, -0.2) is 9.07 Å². The molecule has 0 bridgehead atoms. The molecule has 25 heavy (non-hydrogen) atoms. The molecule has 132 valence electrons. The highest BCUT2D eigenvalue weighted by Gasteiger charge is 2.66. The molecule has 1 saturated carbocycles. The van der Waals surface area contributed by atoms with Crippen molar-refractivity contribution in [3.05, 3.63) is 47.5 Å². The number of hydrogen-bond acceptors (Lipinski definition) is 4. The van der Waals surface area contributed by atoms with Gasteiger partial charge in [-0.2, -0.15) is 0 Å². The molecule has 0 spiro atoms. The Kier molecular flexibility index (Phi) is 3.60. The van der Waals surface area contributed by atoms with E-state index in [0.717, 1.165) is 24.1 Å². The van der Waals surface area contributed by atoms with E-state index in [2.05, 4.69) is 38.0 Å². The Morgan fingerprint density at radius 1 is 1.08 bits per heavy atom. The normalized spacial score (nSPS) is 23.0. The van der Waals surface area contributed by atoms with Crippen LogP contribution >= 0.6 is 0 Å². The second-order valence-corrected chi connectivity index (χ2v) is 8.17. The van der Waals surface area contributed by atoms with Crippen LogP contribution in [0.3, 0.4) is 0 Å². The van der Waals surface area contributed by atoms with Crippen molar-refractivity contribution in [2.45, 2.75) is 63.6 Å². The van der Waals surface area contributed by atoms with Gasteiger partial charge in [-0.3, -0.25) is 0 Å². The standard InChI is InChI=1S/C18H23BFN3O2/c1-16(2)17(3,4)25-19(24-16)18(9-10-18)15-12-23(22-21-15)11-13-5-7-14(20)8-6-13/h5-8,12H,9-11H2,1-4H3. The van der Waals surface area contributed by atoms with Gasteiger partial charge < -0.3 is 9.31 Å². The average Bonchev–Trinajstić information content (AvgIpc) is 3.15. The number of nitrogens with zero attached hydrogens (tertiary/aromatic N) is 3. The SMILES string of the molecule is CC1(C)OB(C2(c3cn(Cc4ccc(F)cc4)nn3)CC2)OC1(C)C. The van der Waals surface area contributed by atoms with Gasteiger partial charge in [0.2, 0.25) is 0 Å². The van der Waals surface area contributed by atoms with Crippen LogP contribution in [0.25, 0.3) is 0 Å². The number of aromatic nitrogens is 3. The Hall–Kier alpha value is -1.73. The molecule has 5 nitrogen and oxygen atoms in total. The molecular weight excluding hydrogens is 320 g/mol. The Morgan fingerprint density at radius 3 is 2.24 bits per heavy atom.